The van der Waals surface area contributed by atoms with Crippen molar-refractivity contribution in [2.45, 2.75) is 53.1 Å². The van der Waals surface area contributed by atoms with Crippen LogP contribution in [0.1, 0.15) is 47.7 Å². The van der Waals surface area contributed by atoms with E-state index in [1.807, 2.05) is 51.1 Å². The maximum atomic E-state index is 12.8. The number of thiophene rings is 1. The minimum absolute atomic E-state index is 0.00670. The van der Waals surface area contributed by atoms with Gasteiger partial charge in [-0.3, -0.25) is 9.59 Å². The molecule has 2 aromatic rings. The topological polar surface area (TPSA) is 58.2 Å². The van der Waals surface area contributed by atoms with Gasteiger partial charge in [-0.1, -0.05) is 44.2 Å². The van der Waals surface area contributed by atoms with E-state index < -0.39 is 6.04 Å². The zero-order valence-electron chi connectivity index (χ0n) is 16.1. The van der Waals surface area contributed by atoms with Crippen LogP contribution in [0.5, 0.6) is 0 Å². The average Bonchev–Trinajstić information content (AvgIpc) is 2.91. The molecule has 0 bridgehead atoms. The van der Waals surface area contributed by atoms with Gasteiger partial charge < -0.3 is 10.6 Å². The highest BCUT2D eigenvalue weighted by Gasteiger charge is 2.26. The number of nitrogens with one attached hydrogen (secondary N) is 2. The molecule has 0 radical (unpaired) electrons. The normalized spacial score (nSPS) is 13.3. The Morgan fingerprint density at radius 3 is 2.23 bits per heavy atom. The van der Waals surface area contributed by atoms with Crippen LogP contribution in [0.4, 0.5) is 0 Å². The van der Waals surface area contributed by atoms with Gasteiger partial charge in [0.25, 0.3) is 0 Å². The van der Waals surface area contributed by atoms with Crippen molar-refractivity contribution in [3.8, 4) is 0 Å². The van der Waals surface area contributed by atoms with Crippen molar-refractivity contribution in [1.82, 2.24) is 10.6 Å². The molecule has 1 aromatic carbocycles. The van der Waals surface area contributed by atoms with E-state index in [9.17, 15) is 9.59 Å². The van der Waals surface area contributed by atoms with E-state index in [-0.39, 0.29) is 30.2 Å². The summed E-state index contributed by atoms with van der Waals surface area (Å²) in [5.74, 6) is -0.273. The average molecular weight is 373 g/mol. The summed E-state index contributed by atoms with van der Waals surface area (Å²) in [6.07, 6.45) is 0.274. The highest BCUT2D eigenvalue weighted by atomic mass is 32.1. The molecule has 140 valence electrons. The second-order valence-corrected chi connectivity index (χ2v) is 8.51. The molecule has 5 heteroatoms. The summed E-state index contributed by atoms with van der Waals surface area (Å²) in [6, 6.07) is 11.0. The fraction of sp³-hybridized carbons (Fsp3) is 0.429. The molecule has 26 heavy (non-hydrogen) atoms. The molecular weight excluding hydrogens is 344 g/mol. The lowest BCUT2D eigenvalue weighted by molar-refractivity contribution is -0.130. The van der Waals surface area contributed by atoms with Gasteiger partial charge in [0.15, 0.2) is 0 Å². The molecule has 2 atom stereocenters. The van der Waals surface area contributed by atoms with Crippen LogP contribution in [-0.4, -0.2) is 17.9 Å². The van der Waals surface area contributed by atoms with Gasteiger partial charge in [-0.2, -0.15) is 0 Å². The third-order valence-corrected chi connectivity index (χ3v) is 5.36. The van der Waals surface area contributed by atoms with Crippen molar-refractivity contribution in [2.75, 3.05) is 0 Å². The number of hydrogen-bond acceptors (Lipinski definition) is 3. The molecule has 0 saturated heterocycles. The Bertz CT molecular complexity index is 753. The second-order valence-electron chi connectivity index (χ2n) is 7.05. The fourth-order valence-electron chi connectivity index (χ4n) is 3.00. The van der Waals surface area contributed by atoms with Crippen LogP contribution in [0.2, 0.25) is 0 Å². The smallest absolute Gasteiger partial charge is 0.243 e. The minimum Gasteiger partial charge on any atom is -0.348 e. The molecule has 0 aliphatic rings. The molecule has 2 rings (SSSR count). The van der Waals surface area contributed by atoms with Gasteiger partial charge in [0.05, 0.1) is 12.5 Å². The zero-order valence-corrected chi connectivity index (χ0v) is 16.9. The predicted molar refractivity (Wildman–Crippen MR) is 107 cm³/mol. The van der Waals surface area contributed by atoms with E-state index >= 15 is 0 Å². The number of hydrogen-bond donors (Lipinski definition) is 2. The van der Waals surface area contributed by atoms with Crippen molar-refractivity contribution in [3.63, 3.8) is 0 Å². The molecule has 0 aliphatic carbocycles. The van der Waals surface area contributed by atoms with Gasteiger partial charge in [0, 0.05) is 9.75 Å². The van der Waals surface area contributed by atoms with Gasteiger partial charge in [0.2, 0.25) is 11.8 Å². The van der Waals surface area contributed by atoms with Gasteiger partial charge >= 0.3 is 0 Å². The standard InChI is InChI=1S/C21H28N2O2S/c1-13(2)20(23-19(24)12-17-9-7-6-8-10-17)21(25)22-15(4)18-11-14(3)26-16(18)5/h6-11,13,15,20H,12H2,1-5H3,(H,22,25)(H,23,24)/t15-,20-/m0/s1. The van der Waals surface area contributed by atoms with Crippen LogP contribution < -0.4 is 10.6 Å². The first-order chi connectivity index (χ1) is 12.3. The number of carbonyl (C=O) groups excluding carboxylic acids is 2. The Kier molecular flexibility index (Phi) is 6.98. The molecule has 1 aromatic heterocycles. The largest absolute Gasteiger partial charge is 0.348 e. The van der Waals surface area contributed by atoms with Crippen LogP contribution in [-0.2, 0) is 16.0 Å². The maximum Gasteiger partial charge on any atom is 0.243 e. The Labute approximate surface area is 160 Å². The minimum atomic E-state index is -0.547. The lowest BCUT2D eigenvalue weighted by atomic mass is 10.0. The summed E-state index contributed by atoms with van der Waals surface area (Å²) in [5.41, 5.74) is 2.07. The zero-order chi connectivity index (χ0) is 19.3. The highest BCUT2D eigenvalue weighted by molar-refractivity contribution is 7.12. The van der Waals surface area contributed by atoms with E-state index in [1.54, 1.807) is 11.3 Å². The molecule has 1 heterocycles. The molecule has 0 fully saturated rings. The number of amides is 2. The van der Waals surface area contributed by atoms with E-state index in [1.165, 1.54) is 9.75 Å². The molecule has 0 saturated carbocycles. The summed E-state index contributed by atoms with van der Waals surface area (Å²) in [6.45, 7) is 10.00. The molecule has 0 spiro atoms. The molecule has 2 amide bonds. The summed E-state index contributed by atoms with van der Waals surface area (Å²) in [7, 11) is 0. The van der Waals surface area contributed by atoms with Crippen molar-refractivity contribution in [3.05, 3.63) is 57.3 Å². The Balaban J connectivity index is 2.00. The number of aryl methyl sites for hydroxylation is 2. The lowest BCUT2D eigenvalue weighted by Gasteiger charge is -2.24. The summed E-state index contributed by atoms with van der Waals surface area (Å²) in [5, 5.41) is 5.95. The Morgan fingerprint density at radius 1 is 1.04 bits per heavy atom. The van der Waals surface area contributed by atoms with E-state index in [4.69, 9.17) is 0 Å². The molecular formula is C21H28N2O2S. The first kappa shape index (κ1) is 20.2. The molecule has 0 unspecified atom stereocenters. The number of rotatable bonds is 7. The predicted octanol–water partition coefficient (Wildman–Crippen LogP) is 3.93. The van der Waals surface area contributed by atoms with Crippen molar-refractivity contribution in [1.29, 1.82) is 0 Å². The molecule has 0 aliphatic heterocycles. The lowest BCUT2D eigenvalue weighted by Crippen LogP contribution is -2.50. The first-order valence-corrected chi connectivity index (χ1v) is 9.80. The summed E-state index contributed by atoms with van der Waals surface area (Å²) >= 11 is 1.73. The third kappa shape index (κ3) is 5.43. The number of carbonyl (C=O) groups is 2. The highest BCUT2D eigenvalue weighted by Crippen LogP contribution is 2.26. The van der Waals surface area contributed by atoms with E-state index in [0.717, 1.165) is 11.1 Å². The van der Waals surface area contributed by atoms with Crippen LogP contribution in [0.15, 0.2) is 36.4 Å². The second kappa shape index (κ2) is 8.99. The van der Waals surface area contributed by atoms with Gasteiger partial charge in [-0.25, -0.2) is 0 Å². The van der Waals surface area contributed by atoms with Crippen LogP contribution in [0.25, 0.3) is 0 Å². The van der Waals surface area contributed by atoms with Crippen molar-refractivity contribution in [2.24, 2.45) is 5.92 Å². The monoisotopic (exact) mass is 372 g/mol. The van der Waals surface area contributed by atoms with Gasteiger partial charge in [-0.05, 0) is 43.9 Å². The Hall–Kier alpha value is -2.14. The summed E-state index contributed by atoms with van der Waals surface area (Å²) < 4.78 is 0. The molecule has 2 N–H and O–H groups in total. The van der Waals surface area contributed by atoms with E-state index in [0.29, 0.717) is 0 Å². The first-order valence-electron chi connectivity index (χ1n) is 8.98. The summed E-state index contributed by atoms with van der Waals surface area (Å²) in [4.78, 5) is 27.6. The van der Waals surface area contributed by atoms with Crippen LogP contribution in [0, 0.1) is 19.8 Å². The molecule has 4 nitrogen and oxygen atoms in total. The maximum absolute atomic E-state index is 12.8. The van der Waals surface area contributed by atoms with Gasteiger partial charge in [-0.15, -0.1) is 11.3 Å². The fourth-order valence-corrected chi connectivity index (χ4v) is 4.02. The van der Waals surface area contributed by atoms with Crippen LogP contribution in [0.3, 0.4) is 0 Å². The Morgan fingerprint density at radius 2 is 1.69 bits per heavy atom. The third-order valence-electron chi connectivity index (χ3n) is 4.38. The van der Waals surface area contributed by atoms with Gasteiger partial charge in [0.1, 0.15) is 6.04 Å². The SMILES string of the molecule is Cc1cc([C@H](C)NC(=O)[C@@H](NC(=O)Cc2ccccc2)C(C)C)c(C)s1. The van der Waals surface area contributed by atoms with Crippen LogP contribution >= 0.6 is 11.3 Å². The van der Waals surface area contributed by atoms with E-state index in [2.05, 4.69) is 30.5 Å². The number of benzene rings is 1. The quantitative estimate of drug-likeness (QED) is 0.774. The van der Waals surface area contributed by atoms with Crippen molar-refractivity contribution >= 4 is 23.2 Å². The van der Waals surface area contributed by atoms with Crippen molar-refractivity contribution < 1.29 is 9.59 Å².